The summed E-state index contributed by atoms with van der Waals surface area (Å²) >= 11 is 0. The summed E-state index contributed by atoms with van der Waals surface area (Å²) < 4.78 is 17.1. The minimum absolute atomic E-state index is 0.0152. The number of rotatable bonds is 36. The third-order valence-electron chi connectivity index (χ3n) is 8.78. The summed E-state index contributed by atoms with van der Waals surface area (Å²) in [4.78, 5) is 36.8. The zero-order valence-electron chi connectivity index (χ0n) is 35.3. The minimum Gasteiger partial charge on any atom is -0.544 e. The second-order valence-corrected chi connectivity index (χ2v) is 14.8. The van der Waals surface area contributed by atoms with E-state index in [9.17, 15) is 19.5 Å². The third kappa shape index (κ3) is 35.9. The zero-order valence-corrected chi connectivity index (χ0v) is 35.3. The quantitative estimate of drug-likeness (QED) is 0.0271. The fourth-order valence-corrected chi connectivity index (χ4v) is 5.54. The van der Waals surface area contributed by atoms with E-state index < -0.39 is 18.1 Å². The molecule has 0 aromatic carbocycles. The molecule has 0 N–H and O–H groups in total. The van der Waals surface area contributed by atoms with Gasteiger partial charge in [-0.1, -0.05) is 125 Å². The van der Waals surface area contributed by atoms with Crippen molar-refractivity contribution in [1.82, 2.24) is 0 Å². The summed E-state index contributed by atoms with van der Waals surface area (Å²) in [5.74, 6) is -1.82. The van der Waals surface area contributed by atoms with Gasteiger partial charge in [-0.2, -0.15) is 0 Å². The molecule has 0 saturated carbocycles. The number of nitrogens with zero attached hydrogens (tertiary/aromatic N) is 1. The molecule has 312 valence electrons. The normalized spacial score (nSPS) is 13.8. The Bertz CT molecular complexity index is 1170. The van der Waals surface area contributed by atoms with Crippen LogP contribution in [0.4, 0.5) is 0 Å². The van der Waals surface area contributed by atoms with E-state index in [-0.39, 0.29) is 49.1 Å². The number of hydrogen-bond donors (Lipinski definition) is 0. The number of carboxylic acids is 1. The van der Waals surface area contributed by atoms with Gasteiger partial charge >= 0.3 is 11.9 Å². The number of ether oxygens (including phenoxy) is 3. The Kier molecular flexibility index (Phi) is 35.1. The molecular weight excluding hydrogens is 691 g/mol. The van der Waals surface area contributed by atoms with Crippen LogP contribution in [0.2, 0.25) is 0 Å². The van der Waals surface area contributed by atoms with Crippen molar-refractivity contribution in [2.75, 3.05) is 41.0 Å². The average Bonchev–Trinajstić information content (AvgIpc) is 3.14. The van der Waals surface area contributed by atoms with Gasteiger partial charge in [-0.15, -0.1) is 0 Å². The summed E-state index contributed by atoms with van der Waals surface area (Å²) in [5.41, 5.74) is 0. The maximum absolute atomic E-state index is 12.7. The third-order valence-corrected chi connectivity index (χ3v) is 8.78. The average molecular weight is 768 g/mol. The molecule has 0 fully saturated rings. The van der Waals surface area contributed by atoms with Gasteiger partial charge in [0.25, 0.3) is 0 Å². The smallest absolute Gasteiger partial charge is 0.306 e. The standard InChI is InChI=1S/C47H77NO7/c1-6-8-10-12-14-16-18-20-21-22-23-24-25-26-28-29-31-33-35-37-45(49)54-42-43(41-53-40-39-44(47(51)52)48(3,4)5)55-46(50)38-36-34-32-30-27-19-17-15-13-11-9-7-2/h8-11,14-17,20-21,23-24,27,30,43-44H,6-7,12-13,18-19,22,25-26,28-29,31-42H2,1-5H3/b10-8+,11-9+,16-14+,17-15+,21-20+,24-23+,30-27+. The fraction of sp³-hybridized carbons (Fsp3) is 0.638. The lowest BCUT2D eigenvalue weighted by molar-refractivity contribution is -0.889. The molecule has 0 amide bonds. The summed E-state index contributed by atoms with van der Waals surface area (Å²) in [6.07, 6.45) is 47.6. The van der Waals surface area contributed by atoms with Gasteiger partial charge in [0, 0.05) is 19.3 Å². The molecule has 0 aromatic heterocycles. The molecule has 0 bridgehead atoms. The lowest BCUT2D eigenvalue weighted by Gasteiger charge is -2.34. The molecule has 0 aromatic rings. The van der Waals surface area contributed by atoms with Crippen LogP contribution in [0.15, 0.2) is 85.1 Å². The molecule has 2 unspecified atom stereocenters. The van der Waals surface area contributed by atoms with Crippen molar-refractivity contribution in [1.29, 1.82) is 0 Å². The number of hydrogen-bond acceptors (Lipinski definition) is 7. The highest BCUT2D eigenvalue weighted by Gasteiger charge is 2.25. The molecule has 0 heterocycles. The van der Waals surface area contributed by atoms with E-state index >= 15 is 0 Å². The minimum atomic E-state index is -1.14. The first kappa shape index (κ1) is 51.5. The predicted molar refractivity (Wildman–Crippen MR) is 226 cm³/mol. The van der Waals surface area contributed by atoms with E-state index in [2.05, 4.69) is 98.9 Å². The molecule has 0 aliphatic carbocycles. The topological polar surface area (TPSA) is 102 Å². The number of aliphatic carboxylic acids is 1. The van der Waals surface area contributed by atoms with E-state index in [1.54, 1.807) is 21.1 Å². The van der Waals surface area contributed by atoms with Crippen LogP contribution in [0.5, 0.6) is 0 Å². The Morgan fingerprint density at radius 1 is 0.545 bits per heavy atom. The van der Waals surface area contributed by atoms with Crippen LogP contribution in [-0.2, 0) is 28.6 Å². The molecule has 55 heavy (non-hydrogen) atoms. The van der Waals surface area contributed by atoms with Crippen molar-refractivity contribution in [2.45, 2.75) is 154 Å². The van der Waals surface area contributed by atoms with Crippen LogP contribution in [0.3, 0.4) is 0 Å². The number of quaternary nitrogens is 1. The van der Waals surface area contributed by atoms with Crippen molar-refractivity contribution in [3.05, 3.63) is 85.1 Å². The molecule has 0 saturated heterocycles. The Hall–Kier alpha value is -3.49. The Balaban J connectivity index is 4.41. The van der Waals surface area contributed by atoms with E-state index in [1.165, 1.54) is 12.8 Å². The van der Waals surface area contributed by atoms with Gasteiger partial charge in [0.05, 0.1) is 40.3 Å². The van der Waals surface area contributed by atoms with Gasteiger partial charge in [-0.05, 0) is 83.5 Å². The van der Waals surface area contributed by atoms with Crippen LogP contribution >= 0.6 is 0 Å². The fourth-order valence-electron chi connectivity index (χ4n) is 5.54. The highest BCUT2D eigenvalue weighted by Crippen LogP contribution is 2.12. The summed E-state index contributed by atoms with van der Waals surface area (Å²) in [7, 11) is 5.37. The molecule has 8 nitrogen and oxygen atoms in total. The number of esters is 2. The highest BCUT2D eigenvalue weighted by atomic mass is 16.6. The molecule has 0 spiro atoms. The number of likely N-dealkylation sites (N-methyl/N-ethyl adjacent to an activating group) is 1. The molecule has 0 rings (SSSR count). The van der Waals surface area contributed by atoms with Crippen LogP contribution in [-0.4, -0.2) is 75.5 Å². The molecular formula is C47H77NO7. The van der Waals surface area contributed by atoms with Gasteiger partial charge in [0.15, 0.2) is 6.10 Å². The number of carbonyl (C=O) groups excluding carboxylic acids is 3. The molecule has 0 aliphatic rings. The van der Waals surface area contributed by atoms with E-state index in [0.29, 0.717) is 12.8 Å². The number of carboxylic acid groups (broad SMARTS) is 1. The van der Waals surface area contributed by atoms with Gasteiger partial charge in [-0.3, -0.25) is 9.59 Å². The van der Waals surface area contributed by atoms with Gasteiger partial charge < -0.3 is 28.6 Å². The van der Waals surface area contributed by atoms with Gasteiger partial charge in [0.1, 0.15) is 12.6 Å². The van der Waals surface area contributed by atoms with Gasteiger partial charge in [-0.25, -0.2) is 0 Å². The monoisotopic (exact) mass is 768 g/mol. The first-order valence-electron chi connectivity index (χ1n) is 21.1. The van der Waals surface area contributed by atoms with Crippen molar-refractivity contribution in [3.63, 3.8) is 0 Å². The van der Waals surface area contributed by atoms with Crippen molar-refractivity contribution >= 4 is 17.9 Å². The van der Waals surface area contributed by atoms with E-state index in [4.69, 9.17) is 14.2 Å². The summed E-state index contributed by atoms with van der Waals surface area (Å²) in [6.45, 7) is 4.35. The molecule has 8 heteroatoms. The number of allylic oxidation sites excluding steroid dienone is 14. The van der Waals surface area contributed by atoms with Crippen molar-refractivity contribution < 1.29 is 38.2 Å². The Labute approximate surface area is 335 Å². The van der Waals surface area contributed by atoms with Gasteiger partial charge in [0.2, 0.25) is 0 Å². The second kappa shape index (κ2) is 37.4. The van der Waals surface area contributed by atoms with Crippen molar-refractivity contribution in [2.24, 2.45) is 0 Å². The number of unbranched alkanes of at least 4 members (excludes halogenated alkanes) is 8. The summed E-state index contributed by atoms with van der Waals surface area (Å²) in [6, 6.07) is -0.739. The lowest BCUT2D eigenvalue weighted by atomic mass is 10.1. The molecule has 0 radical (unpaired) electrons. The number of carbonyl (C=O) groups is 3. The lowest BCUT2D eigenvalue weighted by Crippen LogP contribution is -2.55. The van der Waals surface area contributed by atoms with Crippen LogP contribution in [0, 0.1) is 0 Å². The Morgan fingerprint density at radius 3 is 1.45 bits per heavy atom. The maximum Gasteiger partial charge on any atom is 0.306 e. The largest absolute Gasteiger partial charge is 0.544 e. The van der Waals surface area contributed by atoms with Crippen LogP contribution in [0.25, 0.3) is 0 Å². The van der Waals surface area contributed by atoms with Crippen molar-refractivity contribution in [3.8, 4) is 0 Å². The predicted octanol–water partition coefficient (Wildman–Crippen LogP) is 10.0. The SMILES string of the molecule is CC/C=C/C/C=C/C/C=C/C/C=C/CCCCCCCCC(=O)OCC(COCCC(C(=O)[O-])[N+](C)(C)C)OC(=O)CCCC/C=C/C/C=C/C/C=C/CC. The maximum atomic E-state index is 12.7. The van der Waals surface area contributed by atoms with Crippen LogP contribution in [0.1, 0.15) is 142 Å². The molecule has 2 atom stereocenters. The summed E-state index contributed by atoms with van der Waals surface area (Å²) in [5, 5.41) is 11.6. The first-order chi connectivity index (χ1) is 26.6. The second-order valence-electron chi connectivity index (χ2n) is 14.8. The Morgan fingerprint density at radius 2 is 0.964 bits per heavy atom. The zero-order chi connectivity index (χ0) is 40.7. The van der Waals surface area contributed by atoms with E-state index in [1.807, 2.05) is 0 Å². The first-order valence-corrected chi connectivity index (χ1v) is 21.1. The molecule has 0 aliphatic heterocycles. The van der Waals surface area contributed by atoms with Crippen LogP contribution < -0.4 is 5.11 Å². The van der Waals surface area contributed by atoms with E-state index in [0.717, 1.165) is 89.9 Å². The highest BCUT2D eigenvalue weighted by molar-refractivity contribution is 5.70.